The van der Waals surface area contributed by atoms with E-state index in [4.69, 9.17) is 18.9 Å². The van der Waals surface area contributed by atoms with Gasteiger partial charge in [0.15, 0.2) is 5.79 Å². The molecule has 1 spiro atoms. The third-order valence-corrected chi connectivity index (χ3v) is 5.68. The van der Waals surface area contributed by atoms with Crippen LogP contribution in [0.5, 0.6) is 11.5 Å². The first-order valence-electron chi connectivity index (χ1n) is 8.30. The van der Waals surface area contributed by atoms with E-state index < -0.39 is 11.2 Å². The molecule has 1 aliphatic carbocycles. The van der Waals surface area contributed by atoms with Crippen LogP contribution in [0.15, 0.2) is 12.1 Å². The molecule has 1 saturated heterocycles. The lowest BCUT2D eigenvalue weighted by Gasteiger charge is -2.37. The molecule has 1 saturated carbocycles. The van der Waals surface area contributed by atoms with Gasteiger partial charge >= 0.3 is 0 Å². The highest BCUT2D eigenvalue weighted by atomic mass is 16.7. The first kappa shape index (κ1) is 17.2. The zero-order chi connectivity index (χ0) is 17.6. The molecule has 0 aromatic heterocycles. The number of hydrogen-bond donors (Lipinski definition) is 0. The quantitative estimate of drug-likeness (QED) is 0.792. The SMILES string of the molecule is COc1cc(C2(C=O)CC3(CC2(C)C)OCCO3)c(OC)cc1C. The first-order valence-corrected chi connectivity index (χ1v) is 8.30. The van der Waals surface area contributed by atoms with Crippen LogP contribution in [0.3, 0.4) is 0 Å². The largest absolute Gasteiger partial charge is 0.496 e. The van der Waals surface area contributed by atoms with Gasteiger partial charge in [0.2, 0.25) is 0 Å². The van der Waals surface area contributed by atoms with Gasteiger partial charge in [0.1, 0.15) is 17.8 Å². The van der Waals surface area contributed by atoms with E-state index in [2.05, 4.69) is 13.8 Å². The highest BCUT2D eigenvalue weighted by Gasteiger charge is 2.63. The van der Waals surface area contributed by atoms with E-state index in [0.717, 1.165) is 23.2 Å². The van der Waals surface area contributed by atoms with Crippen molar-refractivity contribution in [1.29, 1.82) is 0 Å². The van der Waals surface area contributed by atoms with E-state index in [0.29, 0.717) is 31.8 Å². The summed E-state index contributed by atoms with van der Waals surface area (Å²) in [7, 11) is 3.26. The van der Waals surface area contributed by atoms with E-state index >= 15 is 0 Å². The lowest BCUT2D eigenvalue weighted by atomic mass is 9.64. The number of benzene rings is 1. The molecule has 5 nitrogen and oxygen atoms in total. The van der Waals surface area contributed by atoms with Gasteiger partial charge in [-0.2, -0.15) is 0 Å². The van der Waals surface area contributed by atoms with Crippen LogP contribution in [0.25, 0.3) is 0 Å². The number of carbonyl (C=O) groups is 1. The zero-order valence-corrected chi connectivity index (χ0v) is 15.1. The molecule has 1 unspecified atom stereocenters. The van der Waals surface area contributed by atoms with E-state index in [1.807, 2.05) is 19.1 Å². The summed E-state index contributed by atoms with van der Waals surface area (Å²) in [6.07, 6.45) is 2.19. The number of methoxy groups -OCH3 is 2. The van der Waals surface area contributed by atoms with E-state index in [9.17, 15) is 4.79 Å². The molecule has 2 aliphatic rings. The molecule has 1 atom stereocenters. The Morgan fingerprint density at radius 3 is 2.21 bits per heavy atom. The number of aryl methyl sites for hydroxylation is 1. The summed E-state index contributed by atoms with van der Waals surface area (Å²) in [5.74, 6) is 0.758. The van der Waals surface area contributed by atoms with Gasteiger partial charge in [-0.25, -0.2) is 0 Å². The Hall–Kier alpha value is -1.59. The van der Waals surface area contributed by atoms with Crippen LogP contribution in [0.4, 0.5) is 0 Å². The third-order valence-electron chi connectivity index (χ3n) is 5.68. The van der Waals surface area contributed by atoms with Crippen molar-refractivity contribution in [3.8, 4) is 11.5 Å². The molecule has 132 valence electrons. The van der Waals surface area contributed by atoms with E-state index in [1.165, 1.54) is 0 Å². The summed E-state index contributed by atoms with van der Waals surface area (Å²) in [5, 5.41) is 0. The van der Waals surface area contributed by atoms with Crippen LogP contribution in [0, 0.1) is 12.3 Å². The maximum atomic E-state index is 12.4. The number of aldehydes is 1. The first-order chi connectivity index (χ1) is 11.3. The summed E-state index contributed by atoms with van der Waals surface area (Å²) in [5.41, 5.74) is 0.706. The molecular formula is C19H26O5. The van der Waals surface area contributed by atoms with Crippen LogP contribution in [-0.2, 0) is 19.7 Å². The fraction of sp³-hybridized carbons (Fsp3) is 0.632. The lowest BCUT2D eigenvalue weighted by Crippen LogP contribution is -2.39. The molecular weight excluding hydrogens is 308 g/mol. The number of hydrogen-bond acceptors (Lipinski definition) is 5. The number of rotatable bonds is 4. The second-order valence-electron chi connectivity index (χ2n) is 7.46. The normalized spacial score (nSPS) is 27.4. The molecule has 24 heavy (non-hydrogen) atoms. The molecule has 3 rings (SSSR count). The van der Waals surface area contributed by atoms with Gasteiger partial charge < -0.3 is 23.7 Å². The molecule has 2 fully saturated rings. The molecule has 1 heterocycles. The van der Waals surface area contributed by atoms with Crippen molar-refractivity contribution in [3.63, 3.8) is 0 Å². The van der Waals surface area contributed by atoms with Gasteiger partial charge in [-0.3, -0.25) is 0 Å². The van der Waals surface area contributed by atoms with Crippen LogP contribution in [-0.4, -0.2) is 39.5 Å². The molecule has 1 aliphatic heterocycles. The highest BCUT2D eigenvalue weighted by Crippen LogP contribution is 2.61. The Morgan fingerprint density at radius 1 is 1.04 bits per heavy atom. The van der Waals surface area contributed by atoms with Crippen LogP contribution >= 0.6 is 0 Å². The summed E-state index contributed by atoms with van der Waals surface area (Å²) >= 11 is 0. The van der Waals surface area contributed by atoms with Crippen molar-refractivity contribution in [1.82, 2.24) is 0 Å². The topological polar surface area (TPSA) is 54.0 Å². The molecule has 0 N–H and O–H groups in total. The Morgan fingerprint density at radius 2 is 1.67 bits per heavy atom. The second-order valence-corrected chi connectivity index (χ2v) is 7.46. The van der Waals surface area contributed by atoms with Crippen molar-refractivity contribution in [2.45, 2.75) is 44.8 Å². The summed E-state index contributed by atoms with van der Waals surface area (Å²) in [6.45, 7) is 7.28. The fourth-order valence-electron chi connectivity index (χ4n) is 4.38. The van der Waals surface area contributed by atoms with Crippen molar-refractivity contribution in [2.75, 3.05) is 27.4 Å². The maximum absolute atomic E-state index is 12.4. The average Bonchev–Trinajstić information content (AvgIpc) is 3.08. The Bertz CT molecular complexity index is 645. The monoisotopic (exact) mass is 334 g/mol. The highest BCUT2D eigenvalue weighted by molar-refractivity contribution is 5.74. The minimum Gasteiger partial charge on any atom is -0.496 e. The van der Waals surface area contributed by atoms with Gasteiger partial charge in [-0.15, -0.1) is 0 Å². The van der Waals surface area contributed by atoms with Gasteiger partial charge in [0.25, 0.3) is 0 Å². The van der Waals surface area contributed by atoms with Gasteiger partial charge in [0.05, 0.1) is 32.8 Å². The number of ether oxygens (including phenoxy) is 4. The molecule has 0 amide bonds. The van der Waals surface area contributed by atoms with E-state index in [1.54, 1.807) is 14.2 Å². The summed E-state index contributed by atoms with van der Waals surface area (Å²) in [6, 6.07) is 3.86. The molecule has 5 heteroatoms. The van der Waals surface area contributed by atoms with Crippen molar-refractivity contribution in [2.24, 2.45) is 5.41 Å². The summed E-state index contributed by atoms with van der Waals surface area (Å²) < 4.78 is 22.9. The third kappa shape index (κ3) is 2.33. The van der Waals surface area contributed by atoms with Crippen molar-refractivity contribution in [3.05, 3.63) is 23.3 Å². The Balaban J connectivity index is 2.19. The number of carbonyl (C=O) groups excluding carboxylic acids is 1. The van der Waals surface area contributed by atoms with Crippen molar-refractivity contribution < 1.29 is 23.7 Å². The molecule has 1 aromatic rings. The Labute approximate surface area is 143 Å². The smallest absolute Gasteiger partial charge is 0.170 e. The molecule has 0 radical (unpaired) electrons. The van der Waals surface area contributed by atoms with Gasteiger partial charge in [-0.05, 0) is 30.0 Å². The average molecular weight is 334 g/mol. The second kappa shape index (κ2) is 5.74. The molecule has 1 aromatic carbocycles. The predicted molar refractivity (Wildman–Crippen MR) is 89.7 cm³/mol. The van der Waals surface area contributed by atoms with Crippen LogP contribution in [0.2, 0.25) is 0 Å². The predicted octanol–water partition coefficient (Wildman–Crippen LogP) is 3.01. The maximum Gasteiger partial charge on any atom is 0.170 e. The van der Waals surface area contributed by atoms with E-state index in [-0.39, 0.29) is 5.41 Å². The molecule has 0 bridgehead atoms. The fourth-order valence-corrected chi connectivity index (χ4v) is 4.38. The van der Waals surface area contributed by atoms with Crippen LogP contribution in [0.1, 0.15) is 37.8 Å². The van der Waals surface area contributed by atoms with Gasteiger partial charge in [-0.1, -0.05) is 13.8 Å². The summed E-state index contributed by atoms with van der Waals surface area (Å²) in [4.78, 5) is 12.4. The zero-order valence-electron chi connectivity index (χ0n) is 15.1. The van der Waals surface area contributed by atoms with Gasteiger partial charge in [0, 0.05) is 18.4 Å². The Kier molecular flexibility index (Phi) is 4.12. The van der Waals surface area contributed by atoms with Crippen LogP contribution < -0.4 is 9.47 Å². The minimum absolute atomic E-state index is 0.341. The standard InChI is InChI=1S/C19H26O5/c1-13-8-16(22-5)14(9-15(13)21-4)18(12-20)11-19(10-17(18,2)3)23-6-7-24-19/h8-9,12H,6-7,10-11H2,1-5H3. The lowest BCUT2D eigenvalue weighted by molar-refractivity contribution is -0.157. The minimum atomic E-state index is -0.760. The van der Waals surface area contributed by atoms with Crippen molar-refractivity contribution >= 4 is 6.29 Å².